The summed E-state index contributed by atoms with van der Waals surface area (Å²) in [5, 5.41) is 11.5. The number of nitrogens with zero attached hydrogens (tertiary/aromatic N) is 1. The number of hydrogen-bond donors (Lipinski definition) is 2. The number of carbonyl (C=O) groups is 2. The van der Waals surface area contributed by atoms with Crippen LogP contribution in [0.4, 0.5) is 0 Å². The lowest BCUT2D eigenvalue weighted by Crippen LogP contribution is -2.42. The molecule has 0 aromatic heterocycles. The van der Waals surface area contributed by atoms with Gasteiger partial charge in [-0.2, -0.15) is 0 Å². The van der Waals surface area contributed by atoms with Crippen LogP contribution in [0.2, 0.25) is 5.02 Å². The standard InChI is InChI=1S/C14H19ClN2O4/c1-21-9-7-17(6-8-18)10-13(19)16-14(20)11-4-2-3-5-12(11)15/h2-5,18H,6-10H2,1H3,(H,16,19,20). The van der Waals surface area contributed by atoms with E-state index in [0.717, 1.165) is 0 Å². The van der Waals surface area contributed by atoms with Crippen molar-refractivity contribution < 1.29 is 19.4 Å². The molecular formula is C14H19ClN2O4. The molecule has 21 heavy (non-hydrogen) atoms. The predicted octanol–water partition coefficient (Wildman–Crippen LogP) is 0.537. The highest BCUT2D eigenvalue weighted by Crippen LogP contribution is 2.14. The molecule has 2 amide bonds. The molecule has 0 saturated heterocycles. The first-order valence-corrected chi connectivity index (χ1v) is 6.87. The van der Waals surface area contributed by atoms with Gasteiger partial charge in [-0.05, 0) is 12.1 Å². The SMILES string of the molecule is COCCN(CCO)CC(=O)NC(=O)c1ccccc1Cl. The molecule has 0 heterocycles. The van der Waals surface area contributed by atoms with Crippen LogP contribution in [0.5, 0.6) is 0 Å². The summed E-state index contributed by atoms with van der Waals surface area (Å²) < 4.78 is 4.93. The minimum Gasteiger partial charge on any atom is -0.395 e. The van der Waals surface area contributed by atoms with Crippen molar-refractivity contribution in [2.75, 3.05) is 40.0 Å². The number of rotatable bonds is 8. The topological polar surface area (TPSA) is 78.9 Å². The van der Waals surface area contributed by atoms with Crippen LogP contribution < -0.4 is 5.32 Å². The van der Waals surface area contributed by atoms with Gasteiger partial charge in [0.05, 0.1) is 30.3 Å². The lowest BCUT2D eigenvalue weighted by Gasteiger charge is -2.19. The molecule has 1 aromatic carbocycles. The summed E-state index contributed by atoms with van der Waals surface area (Å²) in [5.74, 6) is -0.995. The first kappa shape index (κ1) is 17.6. The number of aliphatic hydroxyl groups excluding tert-OH is 1. The fourth-order valence-electron chi connectivity index (χ4n) is 1.71. The number of halogens is 1. The number of nitrogens with one attached hydrogen (secondary N) is 1. The van der Waals surface area contributed by atoms with Gasteiger partial charge in [0.15, 0.2) is 0 Å². The second kappa shape index (κ2) is 9.46. The van der Waals surface area contributed by atoms with E-state index in [9.17, 15) is 9.59 Å². The van der Waals surface area contributed by atoms with Gasteiger partial charge in [0.1, 0.15) is 0 Å². The van der Waals surface area contributed by atoms with E-state index >= 15 is 0 Å². The molecule has 0 saturated carbocycles. The minimum absolute atomic E-state index is 0.000112. The van der Waals surface area contributed by atoms with Crippen molar-refractivity contribution in [3.8, 4) is 0 Å². The van der Waals surface area contributed by atoms with Crippen molar-refractivity contribution in [3.63, 3.8) is 0 Å². The highest BCUT2D eigenvalue weighted by atomic mass is 35.5. The van der Waals surface area contributed by atoms with E-state index in [1.165, 1.54) is 0 Å². The maximum Gasteiger partial charge on any atom is 0.259 e. The molecule has 0 unspecified atom stereocenters. The van der Waals surface area contributed by atoms with Gasteiger partial charge >= 0.3 is 0 Å². The van der Waals surface area contributed by atoms with Crippen LogP contribution in [0.15, 0.2) is 24.3 Å². The summed E-state index contributed by atoms with van der Waals surface area (Å²) in [6.45, 7) is 1.18. The molecule has 1 rings (SSSR count). The van der Waals surface area contributed by atoms with Gasteiger partial charge in [-0.1, -0.05) is 23.7 Å². The van der Waals surface area contributed by atoms with Gasteiger partial charge in [-0.3, -0.25) is 19.8 Å². The summed E-state index contributed by atoms with van der Waals surface area (Å²) in [5.41, 5.74) is 0.248. The second-order valence-corrected chi connectivity index (χ2v) is 4.76. The first-order valence-electron chi connectivity index (χ1n) is 6.49. The summed E-state index contributed by atoms with van der Waals surface area (Å²) >= 11 is 5.89. The van der Waals surface area contributed by atoms with E-state index in [1.54, 1.807) is 36.3 Å². The monoisotopic (exact) mass is 314 g/mol. The number of carbonyl (C=O) groups excluding carboxylic acids is 2. The number of imide groups is 1. The zero-order chi connectivity index (χ0) is 15.7. The third-order valence-corrected chi connectivity index (χ3v) is 3.10. The molecule has 0 radical (unpaired) electrons. The number of benzene rings is 1. The molecule has 0 aliphatic carbocycles. The van der Waals surface area contributed by atoms with E-state index in [-0.39, 0.29) is 23.7 Å². The Balaban J connectivity index is 2.55. The van der Waals surface area contributed by atoms with Crippen molar-refractivity contribution in [3.05, 3.63) is 34.9 Å². The molecule has 1 aromatic rings. The largest absolute Gasteiger partial charge is 0.395 e. The van der Waals surface area contributed by atoms with E-state index in [2.05, 4.69) is 5.32 Å². The average Bonchev–Trinajstić information content (AvgIpc) is 2.45. The van der Waals surface area contributed by atoms with Crippen LogP contribution in [0.1, 0.15) is 10.4 Å². The zero-order valence-corrected chi connectivity index (χ0v) is 12.6. The van der Waals surface area contributed by atoms with E-state index < -0.39 is 11.8 Å². The highest BCUT2D eigenvalue weighted by Gasteiger charge is 2.15. The van der Waals surface area contributed by atoms with Gasteiger partial charge in [0.2, 0.25) is 5.91 Å². The Morgan fingerprint density at radius 2 is 2.05 bits per heavy atom. The summed E-state index contributed by atoms with van der Waals surface area (Å²) in [6.07, 6.45) is 0. The van der Waals surface area contributed by atoms with Crippen molar-refractivity contribution in [1.29, 1.82) is 0 Å². The van der Waals surface area contributed by atoms with E-state index in [4.69, 9.17) is 21.4 Å². The van der Waals surface area contributed by atoms with E-state index in [0.29, 0.717) is 19.7 Å². The van der Waals surface area contributed by atoms with Crippen LogP contribution in [0, 0.1) is 0 Å². The number of methoxy groups -OCH3 is 1. The molecule has 0 fully saturated rings. The minimum atomic E-state index is -0.540. The summed E-state index contributed by atoms with van der Waals surface area (Å²) in [7, 11) is 1.55. The quantitative estimate of drug-likeness (QED) is 0.732. The van der Waals surface area contributed by atoms with Gasteiger partial charge in [0, 0.05) is 20.2 Å². The fourth-order valence-corrected chi connectivity index (χ4v) is 1.94. The van der Waals surface area contributed by atoms with Crippen molar-refractivity contribution >= 4 is 23.4 Å². The van der Waals surface area contributed by atoms with E-state index in [1.807, 2.05) is 0 Å². The molecular weight excluding hydrogens is 296 g/mol. The Morgan fingerprint density at radius 3 is 2.67 bits per heavy atom. The number of ether oxygens (including phenoxy) is 1. The van der Waals surface area contributed by atoms with Crippen LogP contribution in [0.3, 0.4) is 0 Å². The van der Waals surface area contributed by atoms with Crippen LogP contribution >= 0.6 is 11.6 Å². The van der Waals surface area contributed by atoms with Gasteiger partial charge < -0.3 is 9.84 Å². The molecule has 0 bridgehead atoms. The van der Waals surface area contributed by atoms with Crippen LogP contribution in [-0.2, 0) is 9.53 Å². The van der Waals surface area contributed by atoms with Crippen LogP contribution in [0.25, 0.3) is 0 Å². The van der Waals surface area contributed by atoms with Crippen molar-refractivity contribution in [1.82, 2.24) is 10.2 Å². The highest BCUT2D eigenvalue weighted by molar-refractivity contribution is 6.34. The Morgan fingerprint density at radius 1 is 1.33 bits per heavy atom. The number of aliphatic hydroxyl groups is 1. The molecule has 0 aliphatic rings. The molecule has 7 heteroatoms. The zero-order valence-electron chi connectivity index (χ0n) is 11.8. The summed E-state index contributed by atoms with van der Waals surface area (Å²) in [6, 6.07) is 6.50. The lowest BCUT2D eigenvalue weighted by molar-refractivity contribution is -0.121. The predicted molar refractivity (Wildman–Crippen MR) is 79.3 cm³/mol. The number of amides is 2. The Labute approximate surface area is 128 Å². The maximum atomic E-state index is 11.9. The molecule has 0 spiro atoms. The smallest absolute Gasteiger partial charge is 0.259 e. The Hall–Kier alpha value is -1.47. The third-order valence-electron chi connectivity index (χ3n) is 2.77. The van der Waals surface area contributed by atoms with Gasteiger partial charge in [-0.25, -0.2) is 0 Å². The fraction of sp³-hybridized carbons (Fsp3) is 0.429. The maximum absolute atomic E-state index is 11.9. The molecule has 116 valence electrons. The first-order chi connectivity index (χ1) is 10.1. The number of hydrogen-bond acceptors (Lipinski definition) is 5. The van der Waals surface area contributed by atoms with Crippen LogP contribution in [-0.4, -0.2) is 61.8 Å². The second-order valence-electron chi connectivity index (χ2n) is 4.35. The lowest BCUT2D eigenvalue weighted by atomic mass is 10.2. The van der Waals surface area contributed by atoms with Gasteiger partial charge in [0.25, 0.3) is 5.91 Å². The average molecular weight is 315 g/mol. The Kier molecular flexibility index (Phi) is 7.92. The Bertz CT molecular complexity index is 482. The molecule has 2 N–H and O–H groups in total. The van der Waals surface area contributed by atoms with Gasteiger partial charge in [-0.15, -0.1) is 0 Å². The molecule has 6 nitrogen and oxygen atoms in total. The summed E-state index contributed by atoms with van der Waals surface area (Å²) in [4.78, 5) is 25.5. The van der Waals surface area contributed by atoms with Crippen molar-refractivity contribution in [2.24, 2.45) is 0 Å². The molecule has 0 atom stereocenters. The normalized spacial score (nSPS) is 10.7. The molecule has 0 aliphatic heterocycles. The third kappa shape index (κ3) is 6.22. The van der Waals surface area contributed by atoms with Crippen molar-refractivity contribution in [2.45, 2.75) is 0 Å².